The van der Waals surface area contributed by atoms with Gasteiger partial charge in [-0.25, -0.2) is 4.98 Å². The Morgan fingerprint density at radius 3 is 2.62 bits per heavy atom. The number of aliphatic hydroxyl groups is 3. The lowest BCUT2D eigenvalue weighted by Crippen LogP contribution is -2.60. The third-order valence-corrected chi connectivity index (χ3v) is 5.41. The monoisotopic (exact) mass is 375 g/mol. The molecule has 0 aliphatic carbocycles. The van der Waals surface area contributed by atoms with Gasteiger partial charge >= 0.3 is 6.18 Å². The number of aliphatic hydroxyl groups excluding tert-OH is 3. The molecule has 2 fully saturated rings. The summed E-state index contributed by atoms with van der Waals surface area (Å²) in [5, 5.41) is 29.6. The molecular formula is C17H24F3N3O3. The number of nitrogens with zero attached hydrogens (tertiary/aromatic N) is 3. The Morgan fingerprint density at radius 2 is 1.92 bits per heavy atom. The standard InChI is InChI=1S/C17H24F3N3O3/c1-10-14(25)15(26)13(24)9-23(10)8-11-4-6-22(7-11)12-3-2-5-21-16(12)17(18,19)20/h2-3,5,10-11,13-15,24-26H,4,6-9H2,1H3/t10-,11+,13+,14-,15-/m1/s1. The lowest BCUT2D eigenvalue weighted by Gasteiger charge is -2.43. The maximum absolute atomic E-state index is 13.2. The fourth-order valence-electron chi connectivity index (χ4n) is 3.89. The summed E-state index contributed by atoms with van der Waals surface area (Å²) in [4.78, 5) is 7.09. The first-order valence-electron chi connectivity index (χ1n) is 8.74. The summed E-state index contributed by atoms with van der Waals surface area (Å²) < 4.78 is 39.5. The zero-order chi connectivity index (χ0) is 19.1. The number of hydrogen-bond acceptors (Lipinski definition) is 6. The van der Waals surface area contributed by atoms with Gasteiger partial charge in [0, 0.05) is 38.4 Å². The Balaban J connectivity index is 1.67. The van der Waals surface area contributed by atoms with Crippen molar-refractivity contribution >= 4 is 5.69 Å². The number of pyridine rings is 1. The average molecular weight is 375 g/mol. The Bertz CT molecular complexity index is 631. The number of alkyl halides is 3. The third kappa shape index (κ3) is 3.80. The second-order valence-electron chi connectivity index (χ2n) is 7.21. The molecular weight excluding hydrogens is 351 g/mol. The molecule has 146 valence electrons. The molecule has 9 heteroatoms. The van der Waals surface area contributed by atoms with Crippen molar-refractivity contribution in [3.63, 3.8) is 0 Å². The summed E-state index contributed by atoms with van der Waals surface area (Å²) in [5.74, 6) is 0.105. The van der Waals surface area contributed by atoms with E-state index in [1.165, 1.54) is 12.1 Å². The van der Waals surface area contributed by atoms with Crippen LogP contribution < -0.4 is 4.90 Å². The zero-order valence-electron chi connectivity index (χ0n) is 14.5. The number of piperidine rings is 1. The molecule has 6 nitrogen and oxygen atoms in total. The van der Waals surface area contributed by atoms with Crippen LogP contribution >= 0.6 is 0 Å². The Hall–Kier alpha value is -1.42. The highest BCUT2D eigenvalue weighted by Gasteiger charge is 2.41. The third-order valence-electron chi connectivity index (χ3n) is 5.41. The maximum atomic E-state index is 13.2. The molecule has 1 aromatic rings. The molecule has 0 bridgehead atoms. The van der Waals surface area contributed by atoms with Crippen LogP contribution in [-0.4, -0.2) is 75.7 Å². The van der Waals surface area contributed by atoms with Crippen LogP contribution in [0, 0.1) is 5.92 Å². The minimum Gasteiger partial charge on any atom is -0.389 e. The van der Waals surface area contributed by atoms with Crippen molar-refractivity contribution < 1.29 is 28.5 Å². The normalized spacial score (nSPS) is 33.7. The highest BCUT2D eigenvalue weighted by molar-refractivity contribution is 5.52. The second kappa shape index (κ2) is 7.30. The summed E-state index contributed by atoms with van der Waals surface area (Å²) in [6, 6.07) is 2.61. The highest BCUT2D eigenvalue weighted by Crippen LogP contribution is 2.37. The van der Waals surface area contributed by atoms with Gasteiger partial charge in [-0.2, -0.15) is 13.2 Å². The van der Waals surface area contributed by atoms with E-state index in [-0.39, 0.29) is 24.2 Å². The van der Waals surface area contributed by atoms with Gasteiger partial charge < -0.3 is 20.2 Å². The minimum atomic E-state index is -4.50. The molecule has 3 rings (SSSR count). The van der Waals surface area contributed by atoms with Gasteiger partial charge in [-0.3, -0.25) is 4.90 Å². The van der Waals surface area contributed by atoms with Crippen molar-refractivity contribution in [1.29, 1.82) is 0 Å². The van der Waals surface area contributed by atoms with Gasteiger partial charge in [-0.1, -0.05) is 0 Å². The number of rotatable bonds is 3. The lowest BCUT2D eigenvalue weighted by molar-refractivity contribution is -0.140. The molecule has 3 heterocycles. The largest absolute Gasteiger partial charge is 0.435 e. The van der Waals surface area contributed by atoms with Crippen LogP contribution in [0.2, 0.25) is 0 Å². The van der Waals surface area contributed by atoms with Crippen molar-refractivity contribution in [1.82, 2.24) is 9.88 Å². The first-order valence-corrected chi connectivity index (χ1v) is 8.74. The molecule has 26 heavy (non-hydrogen) atoms. The van der Waals surface area contributed by atoms with Crippen LogP contribution in [0.5, 0.6) is 0 Å². The summed E-state index contributed by atoms with van der Waals surface area (Å²) in [6.07, 6.45) is -5.90. The van der Waals surface area contributed by atoms with E-state index in [4.69, 9.17) is 0 Å². The molecule has 0 amide bonds. The first-order chi connectivity index (χ1) is 12.2. The van der Waals surface area contributed by atoms with Gasteiger partial charge in [0.05, 0.1) is 17.9 Å². The van der Waals surface area contributed by atoms with E-state index in [1.807, 2.05) is 4.90 Å². The Morgan fingerprint density at radius 1 is 1.19 bits per heavy atom. The van der Waals surface area contributed by atoms with Crippen LogP contribution in [0.4, 0.5) is 18.9 Å². The quantitative estimate of drug-likeness (QED) is 0.722. The van der Waals surface area contributed by atoms with Crippen molar-refractivity contribution in [2.24, 2.45) is 5.92 Å². The molecule has 2 aliphatic heterocycles. The van der Waals surface area contributed by atoms with E-state index in [1.54, 1.807) is 11.8 Å². The molecule has 0 aromatic carbocycles. The van der Waals surface area contributed by atoms with E-state index >= 15 is 0 Å². The Labute approximate surface area is 149 Å². The van der Waals surface area contributed by atoms with Crippen LogP contribution in [-0.2, 0) is 6.18 Å². The Kier molecular flexibility index (Phi) is 5.43. The zero-order valence-corrected chi connectivity index (χ0v) is 14.5. The summed E-state index contributed by atoms with van der Waals surface area (Å²) in [7, 11) is 0. The van der Waals surface area contributed by atoms with E-state index in [9.17, 15) is 28.5 Å². The first kappa shape index (κ1) is 19.3. The van der Waals surface area contributed by atoms with Crippen molar-refractivity contribution in [2.45, 2.75) is 43.9 Å². The number of anilines is 1. The maximum Gasteiger partial charge on any atom is 0.435 e. The van der Waals surface area contributed by atoms with Gasteiger partial charge in [0.2, 0.25) is 0 Å². The fourth-order valence-corrected chi connectivity index (χ4v) is 3.89. The molecule has 0 saturated carbocycles. The van der Waals surface area contributed by atoms with Crippen molar-refractivity contribution in [3.8, 4) is 0 Å². The molecule has 0 radical (unpaired) electrons. The fraction of sp³-hybridized carbons (Fsp3) is 0.706. The lowest BCUT2D eigenvalue weighted by atomic mass is 9.93. The van der Waals surface area contributed by atoms with Gasteiger partial charge in [0.1, 0.15) is 6.10 Å². The number of aromatic nitrogens is 1. The van der Waals surface area contributed by atoms with Gasteiger partial charge in [-0.05, 0) is 31.4 Å². The van der Waals surface area contributed by atoms with E-state index < -0.39 is 30.2 Å². The molecule has 5 atom stereocenters. The summed E-state index contributed by atoms with van der Waals surface area (Å²) >= 11 is 0. The van der Waals surface area contributed by atoms with Crippen molar-refractivity contribution in [2.75, 3.05) is 31.1 Å². The molecule has 2 aliphatic rings. The molecule has 3 N–H and O–H groups in total. The van der Waals surface area contributed by atoms with Crippen LogP contribution in [0.1, 0.15) is 19.0 Å². The average Bonchev–Trinajstić information content (AvgIpc) is 3.05. The van der Waals surface area contributed by atoms with Crippen LogP contribution in [0.3, 0.4) is 0 Å². The topological polar surface area (TPSA) is 80.1 Å². The van der Waals surface area contributed by atoms with Gasteiger partial charge in [0.25, 0.3) is 0 Å². The summed E-state index contributed by atoms with van der Waals surface area (Å²) in [5.41, 5.74) is -0.786. The predicted octanol–water partition coefficient (Wildman–Crippen LogP) is 0.713. The highest BCUT2D eigenvalue weighted by atomic mass is 19.4. The number of hydrogen-bond donors (Lipinski definition) is 3. The van der Waals surface area contributed by atoms with Crippen LogP contribution in [0.15, 0.2) is 18.3 Å². The van der Waals surface area contributed by atoms with E-state index in [2.05, 4.69) is 4.98 Å². The predicted molar refractivity (Wildman–Crippen MR) is 88.6 cm³/mol. The number of β-amino-alcohol motifs (C(OH)–C–C–N with tert-alkyl or cyclic N) is 1. The molecule has 1 aromatic heterocycles. The SMILES string of the molecule is C[C@@H]1[C@@H](O)[C@H](O)[C@@H](O)CN1C[C@H]1CCN(c2cccnc2C(F)(F)F)C1. The number of likely N-dealkylation sites (tertiary alicyclic amines) is 1. The minimum absolute atomic E-state index is 0.0877. The van der Waals surface area contributed by atoms with Gasteiger partial charge in [-0.15, -0.1) is 0 Å². The molecule has 0 spiro atoms. The van der Waals surface area contributed by atoms with Crippen LogP contribution in [0.25, 0.3) is 0 Å². The number of halogens is 3. The molecule has 0 unspecified atom stereocenters. The second-order valence-corrected chi connectivity index (χ2v) is 7.21. The van der Waals surface area contributed by atoms with Gasteiger partial charge in [0.15, 0.2) is 5.69 Å². The van der Waals surface area contributed by atoms with E-state index in [0.29, 0.717) is 26.1 Å². The molecule has 2 saturated heterocycles. The summed E-state index contributed by atoms with van der Waals surface area (Å²) in [6.45, 7) is 3.49. The smallest absolute Gasteiger partial charge is 0.389 e. The van der Waals surface area contributed by atoms with Crippen molar-refractivity contribution in [3.05, 3.63) is 24.0 Å². The van der Waals surface area contributed by atoms with E-state index in [0.717, 1.165) is 6.20 Å².